The normalized spacial score (nSPS) is 17.0. The monoisotopic (exact) mass is 372 g/mol. The summed E-state index contributed by atoms with van der Waals surface area (Å²) in [6, 6.07) is 12.3. The number of anilines is 2. The van der Waals surface area contributed by atoms with Crippen LogP contribution in [0.1, 0.15) is 30.3 Å². The van der Waals surface area contributed by atoms with E-state index in [1.807, 2.05) is 38.1 Å². The lowest BCUT2D eigenvalue weighted by Crippen LogP contribution is -2.28. The number of nitrogens with one attached hydrogen (secondary N) is 1. The summed E-state index contributed by atoms with van der Waals surface area (Å²) in [4.78, 5) is 25.8. The van der Waals surface area contributed by atoms with Crippen molar-refractivity contribution in [3.63, 3.8) is 0 Å². The minimum atomic E-state index is -0.322. The van der Waals surface area contributed by atoms with E-state index in [1.165, 1.54) is 17.8 Å². The second-order valence-electron chi connectivity index (χ2n) is 6.63. The van der Waals surface area contributed by atoms with Crippen molar-refractivity contribution >= 4 is 35.0 Å². The van der Waals surface area contributed by atoms with Crippen LogP contribution in [0, 0.1) is 18.7 Å². The van der Waals surface area contributed by atoms with Gasteiger partial charge < -0.3 is 5.32 Å². The van der Waals surface area contributed by atoms with Gasteiger partial charge in [0, 0.05) is 17.3 Å². The maximum absolute atomic E-state index is 13.9. The van der Waals surface area contributed by atoms with Gasteiger partial charge in [-0.15, -0.1) is 11.8 Å². The first kappa shape index (κ1) is 18.5. The standard InChI is InChI=1S/C20H21FN2O2S/c1-12(2)19(25)22-15-7-5-14(6-8-15)20-23(18(24)11-26-20)16-9-4-13(3)17(21)10-16/h4-10,12,20H,11H2,1-3H3,(H,22,25)/t20-/m0/s1. The zero-order valence-corrected chi connectivity index (χ0v) is 15.8. The Morgan fingerprint density at radius 2 is 1.92 bits per heavy atom. The van der Waals surface area contributed by atoms with Gasteiger partial charge in [-0.25, -0.2) is 4.39 Å². The number of carbonyl (C=O) groups excluding carboxylic acids is 2. The molecule has 1 fully saturated rings. The lowest BCUT2D eigenvalue weighted by molar-refractivity contribution is -0.119. The molecule has 26 heavy (non-hydrogen) atoms. The maximum atomic E-state index is 13.9. The number of halogens is 1. The number of hydrogen-bond acceptors (Lipinski definition) is 3. The first-order chi connectivity index (χ1) is 12.4. The summed E-state index contributed by atoms with van der Waals surface area (Å²) >= 11 is 1.51. The molecule has 1 atom stereocenters. The van der Waals surface area contributed by atoms with Crippen LogP contribution in [0.25, 0.3) is 0 Å². The van der Waals surface area contributed by atoms with Crippen LogP contribution in [0.2, 0.25) is 0 Å². The van der Waals surface area contributed by atoms with E-state index in [2.05, 4.69) is 5.32 Å². The van der Waals surface area contributed by atoms with Crippen molar-refractivity contribution in [2.24, 2.45) is 5.92 Å². The molecule has 2 aromatic rings. The number of aryl methyl sites for hydroxylation is 1. The van der Waals surface area contributed by atoms with Gasteiger partial charge in [0.2, 0.25) is 11.8 Å². The number of nitrogens with zero attached hydrogens (tertiary/aromatic N) is 1. The fourth-order valence-corrected chi connectivity index (χ4v) is 3.88. The number of benzene rings is 2. The summed E-state index contributed by atoms with van der Waals surface area (Å²) in [6.45, 7) is 5.37. The molecule has 0 spiro atoms. The number of hydrogen-bond donors (Lipinski definition) is 1. The van der Waals surface area contributed by atoms with Crippen molar-refractivity contribution in [3.05, 3.63) is 59.4 Å². The summed E-state index contributed by atoms with van der Waals surface area (Å²) in [5.41, 5.74) is 2.76. The van der Waals surface area contributed by atoms with Crippen LogP contribution >= 0.6 is 11.8 Å². The van der Waals surface area contributed by atoms with Crippen molar-refractivity contribution < 1.29 is 14.0 Å². The molecule has 1 heterocycles. The molecule has 0 unspecified atom stereocenters. The quantitative estimate of drug-likeness (QED) is 0.859. The molecule has 2 aromatic carbocycles. The zero-order valence-electron chi connectivity index (χ0n) is 15.0. The predicted octanol–water partition coefficient (Wildman–Crippen LogP) is 4.51. The van der Waals surface area contributed by atoms with Gasteiger partial charge in [0.05, 0.1) is 5.75 Å². The summed E-state index contributed by atoms with van der Waals surface area (Å²) in [6.07, 6.45) is 0. The Morgan fingerprint density at radius 1 is 1.23 bits per heavy atom. The second kappa shape index (κ2) is 7.50. The third-order valence-electron chi connectivity index (χ3n) is 4.29. The molecule has 0 radical (unpaired) electrons. The van der Waals surface area contributed by atoms with Gasteiger partial charge in [-0.3, -0.25) is 14.5 Å². The second-order valence-corrected chi connectivity index (χ2v) is 7.70. The van der Waals surface area contributed by atoms with Crippen molar-refractivity contribution in [2.45, 2.75) is 26.1 Å². The minimum absolute atomic E-state index is 0.0413. The fourth-order valence-electron chi connectivity index (χ4n) is 2.70. The average Bonchev–Trinajstić information content (AvgIpc) is 2.99. The van der Waals surface area contributed by atoms with Gasteiger partial charge in [-0.05, 0) is 42.3 Å². The van der Waals surface area contributed by atoms with E-state index >= 15 is 0 Å². The van der Waals surface area contributed by atoms with Crippen LogP contribution in [0.5, 0.6) is 0 Å². The molecule has 1 saturated heterocycles. The first-order valence-electron chi connectivity index (χ1n) is 8.47. The molecule has 2 amide bonds. The zero-order chi connectivity index (χ0) is 18.8. The van der Waals surface area contributed by atoms with E-state index in [9.17, 15) is 14.0 Å². The van der Waals surface area contributed by atoms with E-state index < -0.39 is 0 Å². The molecule has 136 valence electrons. The summed E-state index contributed by atoms with van der Waals surface area (Å²) in [5, 5.41) is 2.64. The molecule has 0 aromatic heterocycles. The third kappa shape index (κ3) is 3.75. The smallest absolute Gasteiger partial charge is 0.238 e. The van der Waals surface area contributed by atoms with Crippen molar-refractivity contribution in [2.75, 3.05) is 16.0 Å². The largest absolute Gasteiger partial charge is 0.326 e. The number of carbonyl (C=O) groups is 2. The summed E-state index contributed by atoms with van der Waals surface area (Å²) in [5.74, 6) is -0.144. The van der Waals surface area contributed by atoms with E-state index in [1.54, 1.807) is 24.0 Å². The number of thioether (sulfide) groups is 1. The lowest BCUT2D eigenvalue weighted by Gasteiger charge is -2.25. The Hall–Kier alpha value is -2.34. The predicted molar refractivity (Wildman–Crippen MR) is 104 cm³/mol. The molecule has 4 nitrogen and oxygen atoms in total. The molecule has 0 bridgehead atoms. The minimum Gasteiger partial charge on any atom is -0.326 e. The Morgan fingerprint density at radius 3 is 2.54 bits per heavy atom. The molecule has 0 aliphatic carbocycles. The highest BCUT2D eigenvalue weighted by Crippen LogP contribution is 2.42. The molecule has 1 aliphatic rings. The fraction of sp³-hybridized carbons (Fsp3) is 0.300. The van der Waals surface area contributed by atoms with Gasteiger partial charge >= 0.3 is 0 Å². The molecule has 0 saturated carbocycles. The lowest BCUT2D eigenvalue weighted by atomic mass is 10.1. The summed E-state index contributed by atoms with van der Waals surface area (Å²) < 4.78 is 13.9. The van der Waals surface area contributed by atoms with Crippen LogP contribution in [-0.2, 0) is 9.59 Å². The van der Waals surface area contributed by atoms with Crippen LogP contribution in [-0.4, -0.2) is 17.6 Å². The maximum Gasteiger partial charge on any atom is 0.238 e. The Kier molecular flexibility index (Phi) is 5.32. The molecule has 1 aliphatic heterocycles. The molecule has 1 N–H and O–H groups in total. The van der Waals surface area contributed by atoms with Crippen LogP contribution < -0.4 is 10.2 Å². The third-order valence-corrected chi connectivity index (χ3v) is 5.50. The van der Waals surface area contributed by atoms with E-state index in [0.29, 0.717) is 17.0 Å². The van der Waals surface area contributed by atoms with Crippen LogP contribution in [0.3, 0.4) is 0 Å². The number of amides is 2. The van der Waals surface area contributed by atoms with Gasteiger partial charge in [-0.1, -0.05) is 32.0 Å². The average molecular weight is 372 g/mol. The SMILES string of the molecule is Cc1ccc(N2C(=O)CS[C@H]2c2ccc(NC(=O)C(C)C)cc2)cc1F. The van der Waals surface area contributed by atoms with E-state index in [4.69, 9.17) is 0 Å². The van der Waals surface area contributed by atoms with Crippen molar-refractivity contribution in [1.82, 2.24) is 0 Å². The molecule has 3 rings (SSSR count). The molecular weight excluding hydrogens is 351 g/mol. The van der Waals surface area contributed by atoms with Crippen LogP contribution in [0.4, 0.5) is 15.8 Å². The van der Waals surface area contributed by atoms with Gasteiger partial charge in [-0.2, -0.15) is 0 Å². The van der Waals surface area contributed by atoms with E-state index in [0.717, 1.165) is 11.3 Å². The van der Waals surface area contributed by atoms with Gasteiger partial charge in [0.25, 0.3) is 0 Å². The summed E-state index contributed by atoms with van der Waals surface area (Å²) in [7, 11) is 0. The molecular formula is C20H21FN2O2S. The van der Waals surface area contributed by atoms with Crippen molar-refractivity contribution in [3.8, 4) is 0 Å². The highest BCUT2D eigenvalue weighted by molar-refractivity contribution is 8.00. The van der Waals surface area contributed by atoms with Crippen molar-refractivity contribution in [1.29, 1.82) is 0 Å². The number of rotatable bonds is 4. The van der Waals surface area contributed by atoms with Gasteiger partial charge in [0.15, 0.2) is 0 Å². The van der Waals surface area contributed by atoms with E-state index in [-0.39, 0.29) is 28.9 Å². The highest BCUT2D eigenvalue weighted by atomic mass is 32.2. The topological polar surface area (TPSA) is 49.4 Å². The Labute approximate surface area is 156 Å². The van der Waals surface area contributed by atoms with Gasteiger partial charge in [0.1, 0.15) is 11.2 Å². The highest BCUT2D eigenvalue weighted by Gasteiger charge is 2.34. The van der Waals surface area contributed by atoms with Crippen LogP contribution in [0.15, 0.2) is 42.5 Å². The Balaban J connectivity index is 1.84. The first-order valence-corrected chi connectivity index (χ1v) is 9.52. The molecule has 6 heteroatoms. The Bertz CT molecular complexity index is 836.